The lowest BCUT2D eigenvalue weighted by Gasteiger charge is -2.07. The topological polar surface area (TPSA) is 26.3 Å². The fourth-order valence-corrected chi connectivity index (χ4v) is 2.91. The van der Waals surface area contributed by atoms with Crippen molar-refractivity contribution in [3.63, 3.8) is 0 Å². The lowest BCUT2D eigenvalue weighted by molar-refractivity contribution is 0.103. The van der Waals surface area contributed by atoms with Gasteiger partial charge < -0.3 is 4.74 Å². The smallest absolute Gasteiger partial charge is 0.193 e. The van der Waals surface area contributed by atoms with Gasteiger partial charge in [0.2, 0.25) is 0 Å². The summed E-state index contributed by atoms with van der Waals surface area (Å²) in [6.45, 7) is 0. The van der Waals surface area contributed by atoms with E-state index in [1.165, 1.54) is 0 Å². The molecule has 3 rings (SSSR count). The molecule has 0 radical (unpaired) electrons. The van der Waals surface area contributed by atoms with Crippen molar-refractivity contribution in [1.29, 1.82) is 0 Å². The summed E-state index contributed by atoms with van der Waals surface area (Å²) in [6, 6.07) is 22.1. The van der Waals surface area contributed by atoms with E-state index in [0.29, 0.717) is 16.9 Å². The van der Waals surface area contributed by atoms with Crippen molar-refractivity contribution < 1.29 is 9.53 Å². The molecule has 0 fully saturated rings. The van der Waals surface area contributed by atoms with Crippen LogP contribution in [0, 0.1) is 0 Å². The van der Waals surface area contributed by atoms with Crippen molar-refractivity contribution in [1.82, 2.24) is 0 Å². The third-order valence-electron chi connectivity index (χ3n) is 3.24. The Morgan fingerprint density at radius 3 is 2.00 bits per heavy atom. The minimum absolute atomic E-state index is 0.0136. The second kappa shape index (κ2) is 7.11. The molecule has 4 heteroatoms. The van der Waals surface area contributed by atoms with Gasteiger partial charge >= 0.3 is 0 Å². The summed E-state index contributed by atoms with van der Waals surface area (Å²) in [5.41, 5.74) is 1.28. The highest BCUT2D eigenvalue weighted by Gasteiger charge is 2.09. The molecule has 0 aromatic heterocycles. The molecule has 0 atom stereocenters. The van der Waals surface area contributed by atoms with Gasteiger partial charge in [-0.3, -0.25) is 4.79 Å². The summed E-state index contributed by atoms with van der Waals surface area (Å²) < 4.78 is 7.61. The van der Waals surface area contributed by atoms with Gasteiger partial charge in [-0.2, -0.15) is 0 Å². The van der Waals surface area contributed by atoms with Crippen molar-refractivity contribution >= 4 is 37.6 Å². The lowest BCUT2D eigenvalue weighted by Crippen LogP contribution is -2.00. The zero-order valence-corrected chi connectivity index (χ0v) is 15.2. The highest BCUT2D eigenvalue weighted by molar-refractivity contribution is 9.10. The maximum atomic E-state index is 12.4. The maximum absolute atomic E-state index is 12.4. The molecule has 0 aliphatic rings. The minimum atomic E-state index is -0.0136. The maximum Gasteiger partial charge on any atom is 0.193 e. The predicted molar refractivity (Wildman–Crippen MR) is 98.2 cm³/mol. The van der Waals surface area contributed by atoms with Gasteiger partial charge in [-0.25, -0.2) is 0 Å². The van der Waals surface area contributed by atoms with E-state index < -0.39 is 0 Å². The Morgan fingerprint density at radius 2 is 1.35 bits per heavy atom. The number of hydrogen-bond acceptors (Lipinski definition) is 2. The Hall–Kier alpha value is -1.91. The van der Waals surface area contributed by atoms with Gasteiger partial charge in [-0.1, -0.05) is 50.1 Å². The van der Waals surface area contributed by atoms with Crippen molar-refractivity contribution in [2.45, 2.75) is 0 Å². The molecule has 0 aliphatic carbocycles. The third-order valence-corrected chi connectivity index (χ3v) is 4.22. The SMILES string of the molecule is O=C(c1ccc(Oc2cccc(Br)c2)cc1)c1cccc(Br)c1. The second-order valence-corrected chi connectivity index (χ2v) is 6.75. The van der Waals surface area contributed by atoms with Crippen LogP contribution in [0.3, 0.4) is 0 Å². The van der Waals surface area contributed by atoms with E-state index in [2.05, 4.69) is 31.9 Å². The number of carbonyl (C=O) groups excluding carboxylic acids is 1. The normalized spacial score (nSPS) is 10.3. The summed E-state index contributed by atoms with van der Waals surface area (Å²) in [6.07, 6.45) is 0. The molecular weight excluding hydrogens is 420 g/mol. The van der Waals surface area contributed by atoms with Crippen LogP contribution in [-0.2, 0) is 0 Å². The van der Waals surface area contributed by atoms with Crippen LogP contribution in [0.5, 0.6) is 11.5 Å². The Kier molecular flexibility index (Phi) is 4.94. The Bertz CT molecular complexity index is 842. The van der Waals surface area contributed by atoms with Crippen LogP contribution < -0.4 is 4.74 Å². The van der Waals surface area contributed by atoms with Crippen LogP contribution in [0.4, 0.5) is 0 Å². The zero-order chi connectivity index (χ0) is 16.2. The summed E-state index contributed by atoms with van der Waals surface area (Å²) in [5.74, 6) is 1.42. The van der Waals surface area contributed by atoms with E-state index in [0.717, 1.165) is 14.7 Å². The number of halogens is 2. The van der Waals surface area contributed by atoms with Gasteiger partial charge in [0.1, 0.15) is 11.5 Å². The van der Waals surface area contributed by atoms with Gasteiger partial charge in [-0.15, -0.1) is 0 Å². The van der Waals surface area contributed by atoms with E-state index in [-0.39, 0.29) is 5.78 Å². The first-order chi connectivity index (χ1) is 11.1. The summed E-state index contributed by atoms with van der Waals surface area (Å²) in [5, 5.41) is 0. The predicted octanol–water partition coefficient (Wildman–Crippen LogP) is 6.23. The molecule has 0 N–H and O–H groups in total. The minimum Gasteiger partial charge on any atom is -0.457 e. The quantitative estimate of drug-likeness (QED) is 0.457. The molecule has 0 heterocycles. The van der Waals surface area contributed by atoms with Gasteiger partial charge in [-0.05, 0) is 54.6 Å². The zero-order valence-electron chi connectivity index (χ0n) is 12.0. The molecule has 0 saturated carbocycles. The van der Waals surface area contributed by atoms with E-state index in [1.807, 2.05) is 42.5 Å². The Morgan fingerprint density at radius 1 is 0.696 bits per heavy atom. The van der Waals surface area contributed by atoms with Crippen LogP contribution in [-0.4, -0.2) is 5.78 Å². The van der Waals surface area contributed by atoms with E-state index in [1.54, 1.807) is 30.3 Å². The number of ketones is 1. The van der Waals surface area contributed by atoms with Gasteiger partial charge in [0.05, 0.1) is 0 Å². The average molecular weight is 432 g/mol. The Balaban J connectivity index is 1.78. The third kappa shape index (κ3) is 4.09. The van der Waals surface area contributed by atoms with Gasteiger partial charge in [0.25, 0.3) is 0 Å². The number of benzene rings is 3. The van der Waals surface area contributed by atoms with Gasteiger partial charge in [0, 0.05) is 20.1 Å². The fourth-order valence-electron chi connectivity index (χ4n) is 2.14. The summed E-state index contributed by atoms with van der Waals surface area (Å²) in [7, 11) is 0. The first-order valence-electron chi connectivity index (χ1n) is 6.95. The molecule has 0 spiro atoms. The summed E-state index contributed by atoms with van der Waals surface area (Å²) >= 11 is 6.79. The van der Waals surface area contributed by atoms with Crippen LogP contribution in [0.1, 0.15) is 15.9 Å². The Labute approximate surface area is 151 Å². The largest absolute Gasteiger partial charge is 0.457 e. The van der Waals surface area contributed by atoms with Crippen LogP contribution in [0.2, 0.25) is 0 Å². The number of ether oxygens (including phenoxy) is 1. The molecule has 0 amide bonds. The molecule has 0 bridgehead atoms. The highest BCUT2D eigenvalue weighted by atomic mass is 79.9. The number of rotatable bonds is 4. The highest BCUT2D eigenvalue weighted by Crippen LogP contribution is 2.25. The van der Waals surface area contributed by atoms with Crippen LogP contribution in [0.15, 0.2) is 81.7 Å². The van der Waals surface area contributed by atoms with E-state index in [4.69, 9.17) is 4.74 Å². The molecular formula is C19H12Br2O2. The van der Waals surface area contributed by atoms with Crippen LogP contribution in [0.25, 0.3) is 0 Å². The van der Waals surface area contributed by atoms with E-state index >= 15 is 0 Å². The molecule has 0 unspecified atom stereocenters. The molecule has 0 aliphatic heterocycles. The van der Waals surface area contributed by atoms with Crippen LogP contribution >= 0.6 is 31.9 Å². The molecule has 3 aromatic carbocycles. The molecule has 3 aromatic rings. The molecule has 2 nitrogen and oxygen atoms in total. The van der Waals surface area contributed by atoms with E-state index in [9.17, 15) is 4.79 Å². The summed E-state index contributed by atoms with van der Waals surface area (Å²) in [4.78, 5) is 12.4. The van der Waals surface area contributed by atoms with Crippen molar-refractivity contribution in [2.75, 3.05) is 0 Å². The first kappa shape index (κ1) is 16.0. The molecule has 23 heavy (non-hydrogen) atoms. The fraction of sp³-hybridized carbons (Fsp3) is 0. The second-order valence-electron chi connectivity index (χ2n) is 4.92. The van der Waals surface area contributed by atoms with Gasteiger partial charge in [0.15, 0.2) is 5.78 Å². The average Bonchev–Trinajstić information content (AvgIpc) is 2.55. The van der Waals surface area contributed by atoms with Crippen molar-refractivity contribution in [3.05, 3.63) is 92.9 Å². The van der Waals surface area contributed by atoms with Crippen molar-refractivity contribution in [3.8, 4) is 11.5 Å². The standard InChI is InChI=1S/C19H12Br2O2/c20-15-4-1-3-14(11-15)19(22)13-7-9-17(10-8-13)23-18-6-2-5-16(21)12-18/h1-12H. The molecule has 114 valence electrons. The lowest BCUT2D eigenvalue weighted by atomic mass is 10.0. The number of hydrogen-bond donors (Lipinski definition) is 0. The monoisotopic (exact) mass is 430 g/mol. The first-order valence-corrected chi connectivity index (χ1v) is 8.54. The number of carbonyl (C=O) groups is 1. The molecule has 0 saturated heterocycles. The van der Waals surface area contributed by atoms with Crippen molar-refractivity contribution in [2.24, 2.45) is 0 Å².